The molecule has 5 heteroatoms. The van der Waals surface area contributed by atoms with Gasteiger partial charge in [0.05, 0.1) is 17.5 Å². The van der Waals surface area contributed by atoms with Crippen LogP contribution in [0.4, 0.5) is 0 Å². The van der Waals surface area contributed by atoms with Crippen LogP contribution in [0, 0.1) is 0 Å². The van der Waals surface area contributed by atoms with Crippen LogP contribution < -0.4 is 0 Å². The van der Waals surface area contributed by atoms with Crippen molar-refractivity contribution in [2.75, 3.05) is 0 Å². The molecule has 1 aromatic heterocycles. The number of carbonyl (C=O) groups is 1. The van der Waals surface area contributed by atoms with Gasteiger partial charge in [0, 0.05) is 0 Å². The molecule has 0 fully saturated rings. The van der Waals surface area contributed by atoms with Gasteiger partial charge < -0.3 is 0 Å². The van der Waals surface area contributed by atoms with E-state index in [2.05, 4.69) is 22.2 Å². The summed E-state index contributed by atoms with van der Waals surface area (Å²) in [6.45, 7) is 0. The van der Waals surface area contributed by atoms with Crippen molar-refractivity contribution >= 4 is 29.3 Å². The molecule has 0 aliphatic rings. The molecule has 0 N–H and O–H groups in total. The Balaban J connectivity index is 2.58. The van der Waals surface area contributed by atoms with Crippen molar-refractivity contribution in [3.05, 3.63) is 11.1 Å². The van der Waals surface area contributed by atoms with E-state index in [-0.39, 0.29) is 5.12 Å². The third-order valence-electron chi connectivity index (χ3n) is 0.732. The van der Waals surface area contributed by atoms with Gasteiger partial charge in [-0.1, -0.05) is 4.49 Å². The van der Waals surface area contributed by atoms with Crippen LogP contribution in [0.1, 0.15) is 4.88 Å². The summed E-state index contributed by atoms with van der Waals surface area (Å²) in [5, 5.41) is 3.41. The SMILES string of the molecule is O=C(S)Cc1cnns1. The molecule has 0 atom stereocenters. The molecule has 0 aromatic carbocycles. The minimum absolute atomic E-state index is 0.152. The van der Waals surface area contributed by atoms with Crippen LogP contribution in [0.3, 0.4) is 0 Å². The van der Waals surface area contributed by atoms with Crippen molar-refractivity contribution in [1.82, 2.24) is 9.59 Å². The number of carbonyl (C=O) groups excluding carboxylic acids is 1. The summed E-state index contributed by atoms with van der Waals surface area (Å²) in [5.41, 5.74) is 0. The molecule has 1 heterocycles. The maximum Gasteiger partial charge on any atom is 0.191 e. The first-order valence-corrected chi connectivity index (χ1v) is 3.49. The molecule has 0 saturated carbocycles. The number of rotatable bonds is 2. The number of hydrogen-bond acceptors (Lipinski definition) is 4. The molecule has 0 amide bonds. The lowest BCUT2D eigenvalue weighted by Crippen LogP contribution is -1.88. The standard InChI is InChI=1S/C4H4N2OS2/c7-4(8)1-3-2-5-6-9-3/h2H,1H2,(H,7,8). The molecule has 0 aliphatic carbocycles. The predicted molar refractivity (Wildman–Crippen MR) is 37.6 cm³/mol. The molecule has 0 bridgehead atoms. The minimum Gasteiger partial charge on any atom is -0.287 e. The zero-order valence-electron chi connectivity index (χ0n) is 4.44. The van der Waals surface area contributed by atoms with Crippen molar-refractivity contribution in [2.45, 2.75) is 6.42 Å². The van der Waals surface area contributed by atoms with E-state index in [4.69, 9.17) is 0 Å². The Morgan fingerprint density at radius 3 is 3.11 bits per heavy atom. The smallest absolute Gasteiger partial charge is 0.191 e. The molecule has 0 spiro atoms. The lowest BCUT2D eigenvalue weighted by Gasteiger charge is -1.82. The highest BCUT2D eigenvalue weighted by Crippen LogP contribution is 2.03. The van der Waals surface area contributed by atoms with Gasteiger partial charge in [-0.05, 0) is 11.5 Å². The molecular formula is C4H4N2OS2. The Morgan fingerprint density at radius 1 is 1.89 bits per heavy atom. The summed E-state index contributed by atoms with van der Waals surface area (Å²) < 4.78 is 3.58. The number of thiol groups is 1. The van der Waals surface area contributed by atoms with Gasteiger partial charge in [0.2, 0.25) is 0 Å². The van der Waals surface area contributed by atoms with Crippen molar-refractivity contribution in [3.8, 4) is 0 Å². The van der Waals surface area contributed by atoms with E-state index in [1.54, 1.807) is 6.20 Å². The molecular weight excluding hydrogens is 156 g/mol. The highest BCUT2D eigenvalue weighted by molar-refractivity contribution is 7.96. The highest BCUT2D eigenvalue weighted by Gasteiger charge is 1.98. The lowest BCUT2D eigenvalue weighted by atomic mass is 10.4. The molecule has 0 saturated heterocycles. The first-order valence-electron chi connectivity index (χ1n) is 2.27. The second-order valence-electron chi connectivity index (χ2n) is 1.45. The Hall–Kier alpha value is -0.420. The fourth-order valence-corrected chi connectivity index (χ4v) is 1.18. The van der Waals surface area contributed by atoms with Crippen molar-refractivity contribution in [3.63, 3.8) is 0 Å². The summed E-state index contributed by atoms with van der Waals surface area (Å²) >= 11 is 4.82. The molecule has 9 heavy (non-hydrogen) atoms. The van der Waals surface area contributed by atoms with Crippen LogP contribution in [-0.4, -0.2) is 14.7 Å². The predicted octanol–water partition coefficient (Wildman–Crippen LogP) is 0.537. The first kappa shape index (κ1) is 6.70. The summed E-state index contributed by atoms with van der Waals surface area (Å²) in [6, 6.07) is 0. The van der Waals surface area contributed by atoms with Crippen LogP contribution in [0.25, 0.3) is 0 Å². The Bertz CT molecular complexity index is 196. The van der Waals surface area contributed by atoms with E-state index >= 15 is 0 Å². The van der Waals surface area contributed by atoms with Crippen molar-refractivity contribution in [2.24, 2.45) is 0 Å². The quantitative estimate of drug-likeness (QED) is 0.642. The zero-order valence-corrected chi connectivity index (χ0v) is 6.15. The summed E-state index contributed by atoms with van der Waals surface area (Å²) in [6.07, 6.45) is 1.90. The minimum atomic E-state index is -0.152. The monoisotopic (exact) mass is 160 g/mol. The summed E-state index contributed by atoms with van der Waals surface area (Å²) in [5.74, 6) is 0. The van der Waals surface area contributed by atoms with Crippen LogP contribution in [0.5, 0.6) is 0 Å². The Morgan fingerprint density at radius 2 is 2.67 bits per heavy atom. The lowest BCUT2D eigenvalue weighted by molar-refractivity contribution is -0.110. The number of nitrogens with zero attached hydrogens (tertiary/aromatic N) is 2. The van der Waals surface area contributed by atoms with E-state index < -0.39 is 0 Å². The van der Waals surface area contributed by atoms with E-state index in [1.165, 1.54) is 11.5 Å². The second-order valence-corrected chi connectivity index (χ2v) is 2.82. The number of aromatic nitrogens is 2. The van der Waals surface area contributed by atoms with Crippen LogP contribution in [0.2, 0.25) is 0 Å². The highest BCUT2D eigenvalue weighted by atomic mass is 32.1. The van der Waals surface area contributed by atoms with Gasteiger partial charge in [0.1, 0.15) is 0 Å². The van der Waals surface area contributed by atoms with Gasteiger partial charge >= 0.3 is 0 Å². The Labute approximate surface area is 61.7 Å². The molecule has 0 radical (unpaired) electrons. The van der Waals surface area contributed by atoms with Crippen molar-refractivity contribution < 1.29 is 4.79 Å². The zero-order chi connectivity index (χ0) is 6.69. The fourth-order valence-electron chi connectivity index (χ4n) is 0.415. The largest absolute Gasteiger partial charge is 0.287 e. The normalized spacial score (nSPS) is 9.44. The molecule has 48 valence electrons. The molecule has 1 rings (SSSR count). The number of hydrogen-bond donors (Lipinski definition) is 1. The fraction of sp³-hybridized carbons (Fsp3) is 0.250. The van der Waals surface area contributed by atoms with Gasteiger partial charge in [0.25, 0.3) is 0 Å². The van der Waals surface area contributed by atoms with Crippen molar-refractivity contribution in [1.29, 1.82) is 0 Å². The average Bonchev–Trinajstić information content (AvgIpc) is 2.15. The molecule has 0 unspecified atom stereocenters. The Kier molecular flexibility index (Phi) is 2.18. The molecule has 0 aliphatic heterocycles. The third-order valence-corrected chi connectivity index (χ3v) is 1.55. The van der Waals surface area contributed by atoms with Gasteiger partial charge in [0.15, 0.2) is 5.12 Å². The van der Waals surface area contributed by atoms with Gasteiger partial charge in [-0.15, -0.1) is 17.7 Å². The second kappa shape index (κ2) is 2.93. The van der Waals surface area contributed by atoms with Gasteiger partial charge in [-0.2, -0.15) is 0 Å². The average molecular weight is 160 g/mol. The van der Waals surface area contributed by atoms with Crippen LogP contribution >= 0.6 is 24.2 Å². The first-order chi connectivity index (χ1) is 4.29. The van der Waals surface area contributed by atoms with Gasteiger partial charge in [-0.25, -0.2) is 0 Å². The molecule has 3 nitrogen and oxygen atoms in total. The maximum absolute atomic E-state index is 10.3. The topological polar surface area (TPSA) is 42.9 Å². The molecule has 1 aromatic rings. The van der Waals surface area contributed by atoms with E-state index in [0.29, 0.717) is 6.42 Å². The maximum atomic E-state index is 10.3. The van der Waals surface area contributed by atoms with Crippen LogP contribution in [-0.2, 0) is 11.2 Å². The third kappa shape index (κ3) is 2.11. The van der Waals surface area contributed by atoms with E-state index in [0.717, 1.165) is 4.88 Å². The van der Waals surface area contributed by atoms with E-state index in [1.807, 2.05) is 0 Å². The summed E-state index contributed by atoms with van der Waals surface area (Å²) in [7, 11) is 0. The van der Waals surface area contributed by atoms with Gasteiger partial charge in [-0.3, -0.25) is 4.79 Å². The van der Waals surface area contributed by atoms with E-state index in [9.17, 15) is 4.79 Å². The summed E-state index contributed by atoms with van der Waals surface area (Å²) in [4.78, 5) is 11.2. The van der Waals surface area contributed by atoms with Crippen LogP contribution in [0.15, 0.2) is 6.20 Å².